The van der Waals surface area contributed by atoms with Crippen LogP contribution in [0, 0.1) is 35.0 Å². The van der Waals surface area contributed by atoms with Gasteiger partial charge in [0.15, 0.2) is 0 Å². The lowest BCUT2D eigenvalue weighted by Gasteiger charge is -2.57. The molecule has 1 heterocycles. The first-order valence-electron chi connectivity index (χ1n) is 10.2. The van der Waals surface area contributed by atoms with Gasteiger partial charge < -0.3 is 14.6 Å². The van der Waals surface area contributed by atoms with E-state index in [0.29, 0.717) is 43.3 Å². The standard InChI is InChI=1S/C21H31FO3/c1-11-7-12-8-16-17(25-6-5-24-16)9-13(12)20-15(22)10-21(2)14(19(11)20)3-4-18(21)23/h7,11,13-20,23H,3-6,8-10H2,1-2H3/t11-,13+,14+,15+,16?,17?,18+,19+,20+,21+/m1/s1. The average Bonchev–Trinajstić information content (AvgIpc) is 2.87. The molecule has 5 rings (SSSR count). The van der Waals surface area contributed by atoms with Crippen LogP contribution in [0.15, 0.2) is 11.6 Å². The summed E-state index contributed by atoms with van der Waals surface area (Å²) in [6, 6.07) is 0. The average molecular weight is 350 g/mol. The second-order valence-electron chi connectivity index (χ2n) is 9.55. The van der Waals surface area contributed by atoms with Crippen molar-refractivity contribution in [1.82, 2.24) is 0 Å². The third-order valence-corrected chi connectivity index (χ3v) is 8.43. The van der Waals surface area contributed by atoms with E-state index in [1.165, 1.54) is 5.57 Å². The molecule has 0 aromatic heterocycles. The fraction of sp³-hybridized carbons (Fsp3) is 0.905. The molecule has 2 unspecified atom stereocenters. The molecule has 4 fully saturated rings. The summed E-state index contributed by atoms with van der Waals surface area (Å²) in [6.07, 6.45) is 5.85. The number of hydrogen-bond acceptors (Lipinski definition) is 3. The zero-order valence-electron chi connectivity index (χ0n) is 15.4. The maximum Gasteiger partial charge on any atom is 0.104 e. The van der Waals surface area contributed by atoms with Crippen LogP contribution in [0.4, 0.5) is 4.39 Å². The minimum atomic E-state index is -0.809. The third kappa shape index (κ3) is 2.33. The van der Waals surface area contributed by atoms with Crippen LogP contribution in [0.5, 0.6) is 0 Å². The van der Waals surface area contributed by atoms with Gasteiger partial charge in [-0.1, -0.05) is 25.5 Å². The van der Waals surface area contributed by atoms with Gasteiger partial charge in [-0.15, -0.1) is 0 Å². The molecule has 4 heteroatoms. The van der Waals surface area contributed by atoms with Gasteiger partial charge in [-0.05, 0) is 61.2 Å². The van der Waals surface area contributed by atoms with Crippen LogP contribution in [0.2, 0.25) is 0 Å². The van der Waals surface area contributed by atoms with E-state index in [-0.39, 0.29) is 29.6 Å². The molecular formula is C21H31FO3. The maximum absolute atomic E-state index is 15.5. The summed E-state index contributed by atoms with van der Waals surface area (Å²) in [7, 11) is 0. The molecule has 1 aliphatic heterocycles. The summed E-state index contributed by atoms with van der Waals surface area (Å²) >= 11 is 0. The summed E-state index contributed by atoms with van der Waals surface area (Å²) < 4.78 is 27.5. The van der Waals surface area contributed by atoms with Crippen LogP contribution in [-0.4, -0.2) is 42.8 Å². The van der Waals surface area contributed by atoms with Gasteiger partial charge >= 0.3 is 0 Å². The zero-order valence-corrected chi connectivity index (χ0v) is 15.4. The Balaban J connectivity index is 1.50. The highest BCUT2D eigenvalue weighted by Crippen LogP contribution is 2.63. The maximum atomic E-state index is 15.5. The number of allylic oxidation sites excluding steroid dienone is 1. The van der Waals surface area contributed by atoms with Crippen molar-refractivity contribution >= 4 is 0 Å². The Morgan fingerprint density at radius 2 is 1.92 bits per heavy atom. The molecule has 140 valence electrons. The van der Waals surface area contributed by atoms with Crippen LogP contribution in [0.3, 0.4) is 0 Å². The summed E-state index contributed by atoms with van der Waals surface area (Å²) in [6.45, 7) is 5.77. The summed E-state index contributed by atoms with van der Waals surface area (Å²) in [5.41, 5.74) is 1.19. The van der Waals surface area contributed by atoms with Crippen LogP contribution in [-0.2, 0) is 9.47 Å². The predicted molar refractivity (Wildman–Crippen MR) is 92.8 cm³/mol. The van der Waals surface area contributed by atoms with E-state index in [1.54, 1.807) is 0 Å². The van der Waals surface area contributed by atoms with Gasteiger partial charge in [0.2, 0.25) is 0 Å². The molecule has 3 nitrogen and oxygen atoms in total. The number of aliphatic hydroxyl groups excluding tert-OH is 1. The van der Waals surface area contributed by atoms with Gasteiger partial charge in [0.1, 0.15) is 6.17 Å². The molecule has 0 radical (unpaired) electrons. The van der Waals surface area contributed by atoms with E-state index < -0.39 is 6.17 Å². The Kier molecular flexibility index (Phi) is 3.86. The Labute approximate surface area is 150 Å². The third-order valence-electron chi connectivity index (χ3n) is 8.43. The number of hydrogen-bond donors (Lipinski definition) is 1. The first-order chi connectivity index (χ1) is 12.0. The normalized spacial score (nSPS) is 57.8. The Morgan fingerprint density at radius 3 is 2.72 bits per heavy atom. The number of ether oxygens (including phenoxy) is 2. The second-order valence-corrected chi connectivity index (χ2v) is 9.55. The lowest BCUT2D eigenvalue weighted by Crippen LogP contribution is -2.56. The number of alkyl halides is 1. The van der Waals surface area contributed by atoms with Crippen LogP contribution >= 0.6 is 0 Å². The molecule has 25 heavy (non-hydrogen) atoms. The fourth-order valence-corrected chi connectivity index (χ4v) is 7.32. The van der Waals surface area contributed by atoms with E-state index in [4.69, 9.17) is 9.47 Å². The molecule has 0 aromatic carbocycles. The minimum Gasteiger partial charge on any atom is -0.393 e. The van der Waals surface area contributed by atoms with E-state index >= 15 is 4.39 Å². The largest absolute Gasteiger partial charge is 0.393 e. The number of halogens is 1. The first-order valence-corrected chi connectivity index (χ1v) is 10.2. The van der Waals surface area contributed by atoms with Crippen molar-refractivity contribution in [1.29, 1.82) is 0 Å². The summed E-state index contributed by atoms with van der Waals surface area (Å²) in [5.74, 6) is 1.62. The summed E-state index contributed by atoms with van der Waals surface area (Å²) in [4.78, 5) is 0. The van der Waals surface area contributed by atoms with Crippen LogP contribution < -0.4 is 0 Å². The fourth-order valence-electron chi connectivity index (χ4n) is 7.32. The molecule has 4 aliphatic carbocycles. The van der Waals surface area contributed by atoms with E-state index in [2.05, 4.69) is 19.9 Å². The van der Waals surface area contributed by atoms with Crippen molar-refractivity contribution in [2.24, 2.45) is 35.0 Å². The Hall–Kier alpha value is -0.450. The monoisotopic (exact) mass is 350 g/mol. The van der Waals surface area contributed by atoms with Gasteiger partial charge in [0.25, 0.3) is 0 Å². The number of fused-ring (bicyclic) bond motifs is 6. The highest BCUT2D eigenvalue weighted by molar-refractivity contribution is 5.24. The van der Waals surface area contributed by atoms with Gasteiger partial charge in [0, 0.05) is 5.92 Å². The number of rotatable bonds is 0. The van der Waals surface area contributed by atoms with Crippen molar-refractivity contribution in [3.05, 3.63) is 11.6 Å². The molecule has 0 amide bonds. The lowest BCUT2D eigenvalue weighted by molar-refractivity contribution is -0.168. The van der Waals surface area contributed by atoms with Crippen molar-refractivity contribution in [3.63, 3.8) is 0 Å². The predicted octanol–water partition coefficient (Wildman–Crippen LogP) is 3.51. The topological polar surface area (TPSA) is 38.7 Å². The quantitative estimate of drug-likeness (QED) is 0.680. The van der Waals surface area contributed by atoms with E-state index in [9.17, 15) is 5.11 Å². The van der Waals surface area contributed by atoms with E-state index in [0.717, 1.165) is 25.7 Å². The molecule has 1 N–H and O–H groups in total. The van der Waals surface area contributed by atoms with Gasteiger partial charge in [-0.3, -0.25) is 0 Å². The van der Waals surface area contributed by atoms with Gasteiger partial charge in [0.05, 0.1) is 31.5 Å². The van der Waals surface area contributed by atoms with Crippen molar-refractivity contribution in [2.45, 2.75) is 70.4 Å². The van der Waals surface area contributed by atoms with Gasteiger partial charge in [-0.25, -0.2) is 4.39 Å². The molecule has 0 aromatic rings. The number of aliphatic hydroxyl groups is 1. The molecule has 1 saturated heterocycles. The molecular weight excluding hydrogens is 319 g/mol. The highest BCUT2D eigenvalue weighted by atomic mass is 19.1. The van der Waals surface area contributed by atoms with Crippen molar-refractivity contribution < 1.29 is 19.0 Å². The molecule has 0 bridgehead atoms. The SMILES string of the molecule is C[C@@H]1C=C2CC3OCCOC3C[C@@H]2[C@@H]2[C@@H]1[C@@H]1CC[C@H](O)[C@@]1(C)C[C@@H]2F. The Bertz CT molecular complexity index is 577. The summed E-state index contributed by atoms with van der Waals surface area (Å²) in [5, 5.41) is 10.5. The van der Waals surface area contributed by atoms with Crippen molar-refractivity contribution in [2.75, 3.05) is 13.2 Å². The molecule has 10 atom stereocenters. The Morgan fingerprint density at radius 1 is 1.16 bits per heavy atom. The van der Waals surface area contributed by atoms with Crippen LogP contribution in [0.25, 0.3) is 0 Å². The van der Waals surface area contributed by atoms with Crippen molar-refractivity contribution in [3.8, 4) is 0 Å². The molecule has 5 aliphatic rings. The van der Waals surface area contributed by atoms with E-state index in [1.807, 2.05) is 0 Å². The molecule has 3 saturated carbocycles. The second kappa shape index (κ2) is 5.77. The molecule has 0 spiro atoms. The zero-order chi connectivity index (χ0) is 17.3. The highest BCUT2D eigenvalue weighted by Gasteiger charge is 2.61. The minimum absolute atomic E-state index is 0.102. The first kappa shape index (κ1) is 16.7. The van der Waals surface area contributed by atoms with Crippen LogP contribution in [0.1, 0.15) is 46.0 Å². The van der Waals surface area contributed by atoms with Gasteiger partial charge in [-0.2, -0.15) is 0 Å². The smallest absolute Gasteiger partial charge is 0.104 e. The lowest BCUT2D eigenvalue weighted by atomic mass is 9.49.